The van der Waals surface area contributed by atoms with Crippen molar-refractivity contribution < 1.29 is 19.5 Å². The number of aliphatic hydroxyl groups is 2. The molecule has 2 heterocycles. The van der Waals surface area contributed by atoms with Gasteiger partial charge in [0.15, 0.2) is 0 Å². The largest absolute Gasteiger partial charge is 0.496 e. The average Bonchev–Trinajstić information content (AvgIpc) is 2.66. The summed E-state index contributed by atoms with van der Waals surface area (Å²) in [6, 6.07) is 3.41. The molecule has 1 aliphatic rings. The standard InChI is InChI=1S/C14H21BClNO4/c1-13(2)14(3,4)21-15(20-13)9-5-6-10(17-8-9)12(19)11(18)7-16/h5-6,8,11-12,18-19H,7H2,1-4H3. The molecule has 21 heavy (non-hydrogen) atoms. The van der Waals surface area contributed by atoms with E-state index in [4.69, 9.17) is 20.9 Å². The summed E-state index contributed by atoms with van der Waals surface area (Å²) >= 11 is 5.52. The van der Waals surface area contributed by atoms with Crippen molar-refractivity contribution in [3.63, 3.8) is 0 Å². The molecule has 0 spiro atoms. The maximum atomic E-state index is 9.85. The first-order chi connectivity index (χ1) is 9.68. The number of hydrogen-bond acceptors (Lipinski definition) is 5. The topological polar surface area (TPSA) is 71.8 Å². The summed E-state index contributed by atoms with van der Waals surface area (Å²) in [5.41, 5.74) is 0.309. The Labute approximate surface area is 130 Å². The quantitative estimate of drug-likeness (QED) is 0.641. The van der Waals surface area contributed by atoms with Crippen LogP contribution in [0.1, 0.15) is 39.5 Å². The van der Waals surface area contributed by atoms with Crippen molar-refractivity contribution in [1.29, 1.82) is 0 Å². The van der Waals surface area contributed by atoms with Crippen LogP contribution in [0.2, 0.25) is 0 Å². The summed E-state index contributed by atoms with van der Waals surface area (Å²) in [5.74, 6) is -0.0537. The molecule has 0 bridgehead atoms. The Morgan fingerprint density at radius 2 is 1.76 bits per heavy atom. The molecule has 2 rings (SSSR count). The molecule has 0 aliphatic carbocycles. The fraction of sp³-hybridized carbons (Fsp3) is 0.643. The van der Waals surface area contributed by atoms with Gasteiger partial charge < -0.3 is 19.5 Å². The molecule has 1 fully saturated rings. The number of rotatable bonds is 4. The molecule has 1 aromatic rings. The van der Waals surface area contributed by atoms with Gasteiger partial charge in [-0.25, -0.2) is 0 Å². The highest BCUT2D eigenvalue weighted by Crippen LogP contribution is 2.36. The predicted octanol–water partition coefficient (Wildman–Crippen LogP) is 1.01. The summed E-state index contributed by atoms with van der Waals surface area (Å²) in [7, 11) is -0.494. The highest BCUT2D eigenvalue weighted by molar-refractivity contribution is 6.62. The van der Waals surface area contributed by atoms with Crippen LogP contribution < -0.4 is 5.46 Å². The Balaban J connectivity index is 2.14. The van der Waals surface area contributed by atoms with E-state index in [0.717, 1.165) is 5.46 Å². The van der Waals surface area contributed by atoms with Crippen LogP contribution in [0.25, 0.3) is 0 Å². The van der Waals surface area contributed by atoms with E-state index >= 15 is 0 Å². The Morgan fingerprint density at radius 3 is 2.19 bits per heavy atom. The minimum atomic E-state index is -1.10. The number of halogens is 1. The SMILES string of the molecule is CC1(C)OB(c2ccc(C(O)C(O)CCl)nc2)OC1(C)C. The minimum Gasteiger partial charge on any atom is -0.399 e. The summed E-state index contributed by atoms with van der Waals surface area (Å²) in [6.45, 7) is 7.93. The molecule has 5 nitrogen and oxygen atoms in total. The number of nitrogens with zero attached hydrogens (tertiary/aromatic N) is 1. The lowest BCUT2D eigenvalue weighted by Gasteiger charge is -2.32. The lowest BCUT2D eigenvalue weighted by Crippen LogP contribution is -2.41. The van der Waals surface area contributed by atoms with Crippen molar-refractivity contribution in [1.82, 2.24) is 4.98 Å². The van der Waals surface area contributed by atoms with Crippen molar-refractivity contribution >= 4 is 24.2 Å². The second kappa shape index (κ2) is 5.86. The van der Waals surface area contributed by atoms with E-state index in [1.807, 2.05) is 27.7 Å². The molecule has 116 valence electrons. The molecule has 2 N–H and O–H groups in total. The number of aliphatic hydroxyl groups excluding tert-OH is 2. The van der Waals surface area contributed by atoms with Crippen LogP contribution in [0.5, 0.6) is 0 Å². The first kappa shape index (κ1) is 16.7. The maximum Gasteiger partial charge on any atom is 0.496 e. The molecular weight excluding hydrogens is 292 g/mol. The first-order valence-corrected chi connectivity index (χ1v) is 7.45. The zero-order chi connectivity index (χ0) is 15.8. The van der Waals surface area contributed by atoms with Crippen molar-refractivity contribution in [2.75, 3.05) is 5.88 Å². The normalized spacial score (nSPS) is 23.1. The highest BCUT2D eigenvalue weighted by Gasteiger charge is 2.51. The number of hydrogen-bond donors (Lipinski definition) is 2. The van der Waals surface area contributed by atoms with Crippen LogP contribution in [-0.2, 0) is 9.31 Å². The van der Waals surface area contributed by atoms with Gasteiger partial charge in [-0.15, -0.1) is 11.6 Å². The Kier molecular flexibility index (Phi) is 4.66. The molecule has 1 saturated heterocycles. The molecular formula is C14H21BClNO4. The Hall–Kier alpha value is -0.655. The van der Waals surface area contributed by atoms with Gasteiger partial charge in [0.05, 0.1) is 28.9 Å². The summed E-state index contributed by atoms with van der Waals surface area (Å²) < 4.78 is 11.8. The molecule has 0 aromatic carbocycles. The molecule has 2 atom stereocenters. The highest BCUT2D eigenvalue weighted by atomic mass is 35.5. The Bertz CT molecular complexity index is 478. The number of alkyl halides is 1. The van der Waals surface area contributed by atoms with E-state index in [1.165, 1.54) is 0 Å². The van der Waals surface area contributed by atoms with Crippen LogP contribution in [0, 0.1) is 0 Å². The molecule has 0 amide bonds. The average molecular weight is 314 g/mol. The van der Waals surface area contributed by atoms with Crippen LogP contribution >= 0.6 is 11.6 Å². The molecule has 7 heteroatoms. The molecule has 1 aromatic heterocycles. The number of aromatic nitrogens is 1. The van der Waals surface area contributed by atoms with Crippen LogP contribution in [0.15, 0.2) is 18.3 Å². The van der Waals surface area contributed by atoms with Gasteiger partial charge in [-0.2, -0.15) is 0 Å². The van der Waals surface area contributed by atoms with Gasteiger partial charge >= 0.3 is 7.12 Å². The second-order valence-corrected chi connectivity index (χ2v) is 6.58. The van der Waals surface area contributed by atoms with Crippen molar-refractivity contribution in [2.24, 2.45) is 0 Å². The molecule has 2 unspecified atom stereocenters. The maximum absolute atomic E-state index is 9.85. The van der Waals surface area contributed by atoms with Gasteiger partial charge in [0.2, 0.25) is 0 Å². The van der Waals surface area contributed by atoms with E-state index in [1.54, 1.807) is 18.3 Å². The van der Waals surface area contributed by atoms with Gasteiger partial charge in [0, 0.05) is 11.7 Å². The second-order valence-electron chi connectivity index (χ2n) is 6.27. The third-order valence-corrected chi connectivity index (χ3v) is 4.48. The van der Waals surface area contributed by atoms with Crippen molar-refractivity contribution in [2.45, 2.75) is 51.1 Å². The summed E-state index contributed by atoms with van der Waals surface area (Å²) in [5, 5.41) is 19.4. The van der Waals surface area contributed by atoms with Gasteiger partial charge in [-0.1, -0.05) is 6.07 Å². The van der Waals surface area contributed by atoms with Gasteiger partial charge in [-0.3, -0.25) is 4.98 Å². The fourth-order valence-corrected chi connectivity index (χ4v) is 2.16. The fourth-order valence-electron chi connectivity index (χ4n) is 1.99. The summed E-state index contributed by atoms with van der Waals surface area (Å²) in [4.78, 5) is 4.16. The van der Waals surface area contributed by atoms with Crippen LogP contribution in [-0.4, -0.2) is 45.5 Å². The molecule has 1 aliphatic heterocycles. The summed E-state index contributed by atoms with van der Waals surface area (Å²) in [6.07, 6.45) is -0.557. The Morgan fingerprint density at radius 1 is 1.19 bits per heavy atom. The number of pyridine rings is 1. The predicted molar refractivity (Wildman–Crippen MR) is 81.6 cm³/mol. The van der Waals surface area contributed by atoms with E-state index in [0.29, 0.717) is 5.69 Å². The first-order valence-electron chi connectivity index (χ1n) is 6.91. The van der Waals surface area contributed by atoms with E-state index in [9.17, 15) is 10.2 Å². The third kappa shape index (κ3) is 3.25. The van der Waals surface area contributed by atoms with Gasteiger partial charge in [0.1, 0.15) is 6.10 Å². The van der Waals surface area contributed by atoms with E-state index in [2.05, 4.69) is 4.98 Å². The van der Waals surface area contributed by atoms with Gasteiger partial charge in [0.25, 0.3) is 0 Å². The van der Waals surface area contributed by atoms with Crippen molar-refractivity contribution in [3.8, 4) is 0 Å². The van der Waals surface area contributed by atoms with E-state index in [-0.39, 0.29) is 5.88 Å². The monoisotopic (exact) mass is 313 g/mol. The van der Waals surface area contributed by atoms with E-state index < -0.39 is 30.5 Å². The zero-order valence-electron chi connectivity index (χ0n) is 12.7. The van der Waals surface area contributed by atoms with Crippen LogP contribution in [0.3, 0.4) is 0 Å². The molecule has 0 saturated carbocycles. The van der Waals surface area contributed by atoms with Crippen molar-refractivity contribution in [3.05, 3.63) is 24.0 Å². The third-order valence-electron chi connectivity index (χ3n) is 4.16. The minimum absolute atomic E-state index is 0.0537. The lowest BCUT2D eigenvalue weighted by molar-refractivity contribution is 0.00578. The zero-order valence-corrected chi connectivity index (χ0v) is 13.5. The smallest absolute Gasteiger partial charge is 0.399 e. The van der Waals surface area contributed by atoms with Crippen LogP contribution in [0.4, 0.5) is 0 Å². The lowest BCUT2D eigenvalue weighted by atomic mass is 9.80. The van der Waals surface area contributed by atoms with Gasteiger partial charge in [-0.05, 0) is 33.8 Å². The molecule has 0 radical (unpaired) electrons.